The van der Waals surface area contributed by atoms with E-state index in [1.807, 2.05) is 13.8 Å². The van der Waals surface area contributed by atoms with E-state index in [9.17, 15) is 9.59 Å². The van der Waals surface area contributed by atoms with Crippen molar-refractivity contribution in [1.29, 1.82) is 0 Å². The quantitative estimate of drug-likeness (QED) is 0.405. The van der Waals surface area contributed by atoms with Gasteiger partial charge in [0, 0.05) is 36.6 Å². The van der Waals surface area contributed by atoms with E-state index >= 15 is 0 Å². The Morgan fingerprint density at radius 2 is 1.80 bits per heavy atom. The molecule has 0 aliphatic rings. The van der Waals surface area contributed by atoms with Gasteiger partial charge in [-0.05, 0) is 44.2 Å². The Morgan fingerprint density at radius 3 is 2.47 bits per heavy atom. The van der Waals surface area contributed by atoms with Gasteiger partial charge in [-0.15, -0.1) is 0 Å². The first-order chi connectivity index (χ1) is 14.4. The number of hydrogen-bond acceptors (Lipinski definition) is 6. The normalized spacial score (nSPS) is 11.1. The average molecular weight is 404 g/mol. The predicted octanol–water partition coefficient (Wildman–Crippen LogP) is 3.22. The molecule has 4 aromatic rings. The summed E-state index contributed by atoms with van der Waals surface area (Å²) in [6, 6.07) is 8.42. The Hall–Kier alpha value is -4.01. The van der Waals surface area contributed by atoms with Crippen LogP contribution in [0.5, 0.6) is 5.75 Å². The zero-order chi connectivity index (χ0) is 21.3. The van der Waals surface area contributed by atoms with Crippen molar-refractivity contribution < 1.29 is 14.3 Å². The number of aryl methyl sites for hydroxylation is 1. The maximum absolute atomic E-state index is 12.5. The predicted molar refractivity (Wildman–Crippen MR) is 110 cm³/mol. The van der Waals surface area contributed by atoms with E-state index in [1.165, 1.54) is 12.4 Å². The first-order valence-corrected chi connectivity index (χ1v) is 9.36. The highest BCUT2D eigenvalue weighted by molar-refractivity contribution is 6.04. The molecule has 0 aliphatic heterocycles. The second-order valence-corrected chi connectivity index (χ2v) is 7.09. The third-order valence-electron chi connectivity index (χ3n) is 4.45. The Balaban J connectivity index is 1.43. The fraction of sp³-hybridized carbons (Fsp3) is 0.190. The molecule has 0 spiro atoms. The maximum Gasteiger partial charge on any atom is 0.345 e. The van der Waals surface area contributed by atoms with Gasteiger partial charge in [0.2, 0.25) is 0 Å². The number of fused-ring (bicyclic) bond motifs is 1. The van der Waals surface area contributed by atoms with Crippen LogP contribution in [0.1, 0.15) is 40.6 Å². The number of anilines is 1. The average Bonchev–Trinajstić information content (AvgIpc) is 3.35. The molecule has 30 heavy (non-hydrogen) atoms. The lowest BCUT2D eigenvalue weighted by Crippen LogP contribution is -2.11. The zero-order valence-electron chi connectivity index (χ0n) is 16.7. The number of carbonyl (C=O) groups is 2. The van der Waals surface area contributed by atoms with Gasteiger partial charge in [0.05, 0.1) is 23.5 Å². The van der Waals surface area contributed by atoms with Crippen molar-refractivity contribution in [2.24, 2.45) is 7.05 Å². The molecular formula is C21H20N6O3. The van der Waals surface area contributed by atoms with Gasteiger partial charge in [0.25, 0.3) is 5.91 Å². The molecule has 3 aromatic heterocycles. The molecule has 0 saturated carbocycles. The summed E-state index contributed by atoms with van der Waals surface area (Å²) in [6.07, 6.45) is 6.27. The molecule has 0 atom stereocenters. The number of ether oxygens (including phenoxy) is 1. The van der Waals surface area contributed by atoms with Gasteiger partial charge in [-0.3, -0.25) is 9.48 Å². The van der Waals surface area contributed by atoms with Crippen LogP contribution >= 0.6 is 0 Å². The van der Waals surface area contributed by atoms with Gasteiger partial charge in [0.1, 0.15) is 5.75 Å². The number of carbonyl (C=O) groups excluding carboxylic acids is 2. The maximum atomic E-state index is 12.5. The van der Waals surface area contributed by atoms with Crippen molar-refractivity contribution >= 4 is 28.6 Å². The summed E-state index contributed by atoms with van der Waals surface area (Å²) in [5.41, 5.74) is 2.08. The SMILES string of the molecule is CC(C)n1ncc2cc(C(=O)Oc3ccc(NC(=O)c4cnn(C)c4)cc3)cnc21. The Morgan fingerprint density at radius 1 is 1.03 bits per heavy atom. The van der Waals surface area contributed by atoms with Crippen LogP contribution in [0, 0.1) is 0 Å². The van der Waals surface area contributed by atoms with Crippen molar-refractivity contribution in [2.45, 2.75) is 19.9 Å². The largest absolute Gasteiger partial charge is 0.423 e. The second kappa shape index (κ2) is 7.78. The van der Waals surface area contributed by atoms with Crippen molar-refractivity contribution in [3.8, 4) is 5.75 Å². The van der Waals surface area contributed by atoms with E-state index < -0.39 is 5.97 Å². The molecule has 1 N–H and O–H groups in total. The number of esters is 1. The molecule has 1 amide bonds. The number of amides is 1. The molecule has 1 aromatic carbocycles. The van der Waals surface area contributed by atoms with Crippen molar-refractivity contribution in [2.75, 3.05) is 5.32 Å². The van der Waals surface area contributed by atoms with E-state index in [4.69, 9.17) is 4.74 Å². The minimum atomic E-state index is -0.520. The second-order valence-electron chi connectivity index (χ2n) is 7.09. The Kier molecular flexibility index (Phi) is 5.01. The summed E-state index contributed by atoms with van der Waals surface area (Å²) in [5, 5.41) is 11.8. The molecule has 0 bridgehead atoms. The lowest BCUT2D eigenvalue weighted by Gasteiger charge is -2.08. The van der Waals surface area contributed by atoms with Crippen LogP contribution in [0.4, 0.5) is 5.69 Å². The van der Waals surface area contributed by atoms with E-state index in [-0.39, 0.29) is 11.9 Å². The molecule has 152 valence electrons. The van der Waals surface area contributed by atoms with Crippen molar-refractivity contribution in [3.63, 3.8) is 0 Å². The van der Waals surface area contributed by atoms with Gasteiger partial charge in [-0.2, -0.15) is 10.2 Å². The topological polar surface area (TPSA) is 104 Å². The summed E-state index contributed by atoms with van der Waals surface area (Å²) < 4.78 is 8.77. The number of nitrogens with zero attached hydrogens (tertiary/aromatic N) is 5. The number of rotatable bonds is 5. The van der Waals surface area contributed by atoms with Crippen LogP contribution < -0.4 is 10.1 Å². The van der Waals surface area contributed by atoms with Crippen LogP contribution in [0.25, 0.3) is 11.0 Å². The molecule has 0 radical (unpaired) electrons. The van der Waals surface area contributed by atoms with E-state index in [2.05, 4.69) is 20.5 Å². The molecular weight excluding hydrogens is 384 g/mol. The lowest BCUT2D eigenvalue weighted by molar-refractivity contribution is 0.0734. The number of benzene rings is 1. The number of nitrogens with one attached hydrogen (secondary N) is 1. The Bertz CT molecular complexity index is 1220. The molecule has 9 heteroatoms. The van der Waals surface area contributed by atoms with Gasteiger partial charge < -0.3 is 10.1 Å². The van der Waals surface area contributed by atoms with Gasteiger partial charge in [-0.25, -0.2) is 14.5 Å². The monoisotopic (exact) mass is 404 g/mol. The van der Waals surface area contributed by atoms with Crippen LogP contribution in [0.2, 0.25) is 0 Å². The highest BCUT2D eigenvalue weighted by Crippen LogP contribution is 2.20. The molecule has 0 unspecified atom stereocenters. The molecule has 4 rings (SSSR count). The minimum absolute atomic E-state index is 0.171. The fourth-order valence-electron chi connectivity index (χ4n) is 2.94. The molecule has 0 aliphatic carbocycles. The number of aromatic nitrogens is 5. The summed E-state index contributed by atoms with van der Waals surface area (Å²) >= 11 is 0. The van der Waals surface area contributed by atoms with E-state index in [1.54, 1.807) is 59.1 Å². The third kappa shape index (κ3) is 3.90. The fourth-order valence-corrected chi connectivity index (χ4v) is 2.94. The molecule has 0 saturated heterocycles. The van der Waals surface area contributed by atoms with Crippen LogP contribution in [-0.2, 0) is 7.05 Å². The number of pyridine rings is 1. The molecule has 3 heterocycles. The van der Waals surface area contributed by atoms with E-state index in [0.717, 1.165) is 11.0 Å². The summed E-state index contributed by atoms with van der Waals surface area (Å²) in [4.78, 5) is 29.0. The van der Waals surface area contributed by atoms with Crippen LogP contribution in [0.3, 0.4) is 0 Å². The van der Waals surface area contributed by atoms with Crippen molar-refractivity contribution in [1.82, 2.24) is 24.5 Å². The smallest absolute Gasteiger partial charge is 0.345 e. The standard InChI is InChI=1S/C21H20N6O3/c1-13(2)27-19-14(10-24-27)8-15(9-22-19)21(29)30-18-6-4-17(5-7-18)25-20(28)16-11-23-26(3)12-16/h4-13H,1-3H3,(H,25,28). The van der Waals surface area contributed by atoms with Crippen LogP contribution in [-0.4, -0.2) is 36.4 Å². The van der Waals surface area contributed by atoms with Gasteiger partial charge in [0.15, 0.2) is 5.65 Å². The highest BCUT2D eigenvalue weighted by Gasteiger charge is 2.14. The first kappa shape index (κ1) is 19.3. The van der Waals surface area contributed by atoms with Gasteiger partial charge >= 0.3 is 5.97 Å². The zero-order valence-corrected chi connectivity index (χ0v) is 16.7. The van der Waals surface area contributed by atoms with Crippen LogP contribution in [0.15, 0.2) is 55.1 Å². The van der Waals surface area contributed by atoms with E-state index in [0.29, 0.717) is 22.6 Å². The lowest BCUT2D eigenvalue weighted by atomic mass is 10.2. The minimum Gasteiger partial charge on any atom is -0.423 e. The van der Waals surface area contributed by atoms with Gasteiger partial charge in [-0.1, -0.05) is 0 Å². The molecule has 0 fully saturated rings. The third-order valence-corrected chi connectivity index (χ3v) is 4.45. The van der Waals surface area contributed by atoms with Crippen molar-refractivity contribution in [3.05, 3.63) is 66.2 Å². The first-order valence-electron chi connectivity index (χ1n) is 9.36. The molecule has 9 nitrogen and oxygen atoms in total. The summed E-state index contributed by atoms with van der Waals surface area (Å²) in [5.74, 6) is -0.430. The number of hydrogen-bond donors (Lipinski definition) is 1. The summed E-state index contributed by atoms with van der Waals surface area (Å²) in [6.45, 7) is 4.03. The summed E-state index contributed by atoms with van der Waals surface area (Å²) in [7, 11) is 1.74. The Labute approximate surface area is 172 Å². The highest BCUT2D eigenvalue weighted by atomic mass is 16.5.